The van der Waals surface area contributed by atoms with Crippen molar-refractivity contribution in [2.45, 2.75) is 24.4 Å². The summed E-state index contributed by atoms with van der Waals surface area (Å²) >= 11 is 1.62. The van der Waals surface area contributed by atoms with E-state index in [9.17, 15) is 8.42 Å². The average Bonchev–Trinajstić information content (AvgIpc) is 2.90. The number of rotatable bonds is 5. The van der Waals surface area contributed by atoms with Crippen molar-refractivity contribution in [1.29, 1.82) is 0 Å². The third kappa shape index (κ3) is 3.00. The van der Waals surface area contributed by atoms with Gasteiger partial charge in [-0.3, -0.25) is 0 Å². The molecule has 0 fully saturated rings. The molecule has 2 rings (SSSR count). The summed E-state index contributed by atoms with van der Waals surface area (Å²) in [5.74, 6) is 0. The number of sulfonamides is 1. The van der Waals surface area contributed by atoms with Gasteiger partial charge in [-0.2, -0.15) is 4.31 Å². The molecule has 2 heterocycles. The quantitative estimate of drug-likeness (QED) is 0.916. The zero-order valence-electron chi connectivity index (χ0n) is 11.4. The first-order chi connectivity index (χ1) is 9.43. The zero-order valence-corrected chi connectivity index (χ0v) is 13.0. The molecular weight excluding hydrogens is 294 g/mol. The van der Waals surface area contributed by atoms with Gasteiger partial charge in [-0.1, -0.05) is 6.07 Å². The average molecular weight is 311 g/mol. The van der Waals surface area contributed by atoms with Crippen LogP contribution >= 0.6 is 11.3 Å². The van der Waals surface area contributed by atoms with Crippen molar-refractivity contribution in [1.82, 2.24) is 9.29 Å². The SMILES string of the molecule is CC(Cc1cccs1)N(C)S(=O)(=O)c1ncccc1N. The van der Waals surface area contributed by atoms with Gasteiger partial charge in [0.25, 0.3) is 10.0 Å². The van der Waals surface area contributed by atoms with Crippen LogP contribution in [0.1, 0.15) is 11.8 Å². The van der Waals surface area contributed by atoms with E-state index in [0.717, 1.165) is 4.88 Å². The Bertz CT molecular complexity index is 669. The molecule has 2 aromatic heterocycles. The number of thiophene rings is 1. The van der Waals surface area contributed by atoms with E-state index < -0.39 is 10.0 Å². The molecule has 0 bridgehead atoms. The summed E-state index contributed by atoms with van der Waals surface area (Å²) in [5, 5.41) is 1.90. The minimum Gasteiger partial charge on any atom is -0.396 e. The van der Waals surface area contributed by atoms with Gasteiger partial charge in [-0.15, -0.1) is 11.3 Å². The summed E-state index contributed by atoms with van der Waals surface area (Å²) in [6.07, 6.45) is 2.10. The van der Waals surface area contributed by atoms with Gasteiger partial charge in [0.2, 0.25) is 0 Å². The number of likely N-dealkylation sites (N-methyl/N-ethyl adjacent to an activating group) is 1. The molecule has 1 atom stereocenters. The van der Waals surface area contributed by atoms with E-state index in [-0.39, 0.29) is 16.8 Å². The third-order valence-corrected chi connectivity index (χ3v) is 5.97. The van der Waals surface area contributed by atoms with Crippen LogP contribution in [0.5, 0.6) is 0 Å². The van der Waals surface area contributed by atoms with Crippen molar-refractivity contribution in [3.8, 4) is 0 Å². The second-order valence-electron chi connectivity index (χ2n) is 4.55. The maximum absolute atomic E-state index is 12.5. The van der Waals surface area contributed by atoms with Gasteiger partial charge >= 0.3 is 0 Å². The Morgan fingerprint density at radius 3 is 2.75 bits per heavy atom. The fraction of sp³-hybridized carbons (Fsp3) is 0.308. The Labute approximate surface area is 123 Å². The Kier molecular flexibility index (Phi) is 4.42. The highest BCUT2D eigenvalue weighted by Crippen LogP contribution is 2.22. The highest BCUT2D eigenvalue weighted by Gasteiger charge is 2.28. The number of anilines is 1. The van der Waals surface area contributed by atoms with Crippen molar-refractivity contribution in [3.05, 3.63) is 40.7 Å². The zero-order chi connectivity index (χ0) is 14.8. The lowest BCUT2D eigenvalue weighted by atomic mass is 10.2. The van der Waals surface area contributed by atoms with Crippen LogP contribution in [0, 0.1) is 0 Å². The van der Waals surface area contributed by atoms with Crippen LogP contribution in [0.3, 0.4) is 0 Å². The second-order valence-corrected chi connectivity index (χ2v) is 7.50. The summed E-state index contributed by atoms with van der Waals surface area (Å²) in [6.45, 7) is 1.87. The molecule has 0 saturated heterocycles. The van der Waals surface area contributed by atoms with Gasteiger partial charge in [-0.25, -0.2) is 13.4 Å². The van der Waals surface area contributed by atoms with E-state index in [1.165, 1.54) is 16.6 Å². The molecule has 0 aliphatic carbocycles. The predicted octanol–water partition coefficient (Wildman–Crippen LogP) is 1.98. The number of pyridine rings is 1. The molecule has 7 heteroatoms. The first-order valence-corrected chi connectivity index (χ1v) is 8.46. The summed E-state index contributed by atoms with van der Waals surface area (Å²) in [6, 6.07) is 6.94. The maximum atomic E-state index is 12.5. The molecule has 0 radical (unpaired) electrons. The Hall–Kier alpha value is -1.44. The van der Waals surface area contributed by atoms with Crippen LogP contribution < -0.4 is 5.73 Å². The van der Waals surface area contributed by atoms with Crippen molar-refractivity contribution >= 4 is 27.0 Å². The van der Waals surface area contributed by atoms with Gasteiger partial charge in [-0.05, 0) is 36.9 Å². The molecule has 1 unspecified atom stereocenters. The molecule has 0 amide bonds. The molecular formula is C13H17N3O2S2. The van der Waals surface area contributed by atoms with Crippen LogP contribution in [0.15, 0.2) is 40.9 Å². The summed E-state index contributed by atoms with van der Waals surface area (Å²) in [5.41, 5.74) is 5.88. The number of hydrogen-bond donors (Lipinski definition) is 1. The van der Waals surface area contributed by atoms with E-state index in [0.29, 0.717) is 6.42 Å². The fourth-order valence-electron chi connectivity index (χ4n) is 1.84. The normalized spacial score (nSPS) is 13.6. The highest BCUT2D eigenvalue weighted by molar-refractivity contribution is 7.89. The van der Waals surface area contributed by atoms with Crippen LogP contribution in [-0.2, 0) is 16.4 Å². The van der Waals surface area contributed by atoms with E-state index >= 15 is 0 Å². The Balaban J connectivity index is 2.23. The van der Waals surface area contributed by atoms with E-state index in [4.69, 9.17) is 5.73 Å². The van der Waals surface area contributed by atoms with Crippen molar-refractivity contribution in [2.24, 2.45) is 0 Å². The first kappa shape index (κ1) is 15.0. The minimum absolute atomic E-state index is 0.0828. The monoisotopic (exact) mass is 311 g/mol. The Morgan fingerprint density at radius 2 is 2.15 bits per heavy atom. The predicted molar refractivity (Wildman–Crippen MR) is 81.1 cm³/mol. The molecule has 20 heavy (non-hydrogen) atoms. The molecule has 2 aromatic rings. The molecule has 0 aromatic carbocycles. The van der Waals surface area contributed by atoms with E-state index in [1.54, 1.807) is 24.5 Å². The number of nitrogens with zero attached hydrogens (tertiary/aromatic N) is 2. The maximum Gasteiger partial charge on any atom is 0.262 e. The molecule has 0 aliphatic rings. The number of nitrogen functional groups attached to an aromatic ring is 1. The van der Waals surface area contributed by atoms with Crippen molar-refractivity contribution in [3.63, 3.8) is 0 Å². The molecule has 0 aliphatic heterocycles. The fourth-order valence-corrected chi connectivity index (χ4v) is 4.05. The summed E-state index contributed by atoms with van der Waals surface area (Å²) in [7, 11) is -2.11. The standard InChI is InChI=1S/C13H17N3O2S2/c1-10(9-11-5-4-8-19-11)16(2)20(17,18)13-12(14)6-3-7-15-13/h3-8,10H,9,14H2,1-2H3. The van der Waals surface area contributed by atoms with Crippen molar-refractivity contribution in [2.75, 3.05) is 12.8 Å². The van der Waals surface area contributed by atoms with Gasteiger partial charge < -0.3 is 5.73 Å². The third-order valence-electron chi connectivity index (χ3n) is 3.12. The lowest BCUT2D eigenvalue weighted by molar-refractivity contribution is 0.387. The van der Waals surface area contributed by atoms with Crippen LogP contribution in [0.2, 0.25) is 0 Å². The van der Waals surface area contributed by atoms with Crippen LogP contribution in [-0.4, -0.2) is 30.8 Å². The largest absolute Gasteiger partial charge is 0.396 e. The number of hydrogen-bond acceptors (Lipinski definition) is 5. The number of nitrogens with two attached hydrogens (primary N) is 1. The van der Waals surface area contributed by atoms with E-state index in [2.05, 4.69) is 4.98 Å². The smallest absolute Gasteiger partial charge is 0.262 e. The summed E-state index contributed by atoms with van der Waals surface area (Å²) < 4.78 is 26.3. The minimum atomic E-state index is -3.67. The molecule has 2 N–H and O–H groups in total. The van der Waals surface area contributed by atoms with Crippen molar-refractivity contribution < 1.29 is 8.42 Å². The van der Waals surface area contributed by atoms with Gasteiger partial charge in [0, 0.05) is 24.2 Å². The van der Waals surface area contributed by atoms with E-state index in [1.807, 2.05) is 24.4 Å². The van der Waals surface area contributed by atoms with Gasteiger partial charge in [0.15, 0.2) is 5.03 Å². The topological polar surface area (TPSA) is 76.3 Å². The lowest BCUT2D eigenvalue weighted by Gasteiger charge is -2.23. The number of aromatic nitrogens is 1. The molecule has 5 nitrogen and oxygen atoms in total. The highest BCUT2D eigenvalue weighted by atomic mass is 32.2. The first-order valence-electron chi connectivity index (χ1n) is 6.14. The molecule has 108 valence electrons. The molecule has 0 spiro atoms. The second kappa shape index (κ2) is 5.90. The van der Waals surface area contributed by atoms with Crippen LogP contribution in [0.25, 0.3) is 0 Å². The van der Waals surface area contributed by atoms with Crippen LogP contribution in [0.4, 0.5) is 5.69 Å². The Morgan fingerprint density at radius 1 is 1.40 bits per heavy atom. The lowest BCUT2D eigenvalue weighted by Crippen LogP contribution is -2.37. The molecule has 0 saturated carbocycles. The van der Waals surface area contributed by atoms with Gasteiger partial charge in [0.1, 0.15) is 0 Å². The van der Waals surface area contributed by atoms with Gasteiger partial charge in [0.05, 0.1) is 5.69 Å². The summed E-state index contributed by atoms with van der Waals surface area (Å²) in [4.78, 5) is 5.05.